The van der Waals surface area contributed by atoms with Crippen molar-refractivity contribution in [3.63, 3.8) is 0 Å². The molecule has 0 bridgehead atoms. The van der Waals surface area contributed by atoms with Gasteiger partial charge in [0.1, 0.15) is 11.6 Å². The zero-order valence-electron chi connectivity index (χ0n) is 12.9. The van der Waals surface area contributed by atoms with Crippen LogP contribution in [0.3, 0.4) is 0 Å². The maximum atomic E-state index is 14.0. The predicted octanol–water partition coefficient (Wildman–Crippen LogP) is 1.58. The number of ether oxygens (including phenoxy) is 1. The molecule has 1 spiro atoms. The summed E-state index contributed by atoms with van der Waals surface area (Å²) in [5, 5.41) is 2.56. The molecule has 1 N–H and O–H groups in total. The highest BCUT2D eigenvalue weighted by Gasteiger charge is 2.55. The molecule has 24 heavy (non-hydrogen) atoms. The molecule has 2 aliphatic rings. The first-order chi connectivity index (χ1) is 11.3. The molecule has 8 heteroatoms. The Bertz CT molecular complexity index is 650. The molecule has 2 amide bonds. The number of benzene rings is 1. The first kappa shape index (κ1) is 16.6. The molecule has 2 saturated heterocycles. The second-order valence-electron chi connectivity index (χ2n) is 6.31. The van der Waals surface area contributed by atoms with Crippen LogP contribution in [0, 0.1) is 11.2 Å². The Morgan fingerprint density at radius 3 is 2.58 bits per heavy atom. The van der Waals surface area contributed by atoms with Gasteiger partial charge in [-0.25, -0.2) is 13.2 Å². The largest absolute Gasteiger partial charge is 0.484 e. The van der Waals surface area contributed by atoms with E-state index in [4.69, 9.17) is 4.74 Å². The maximum Gasteiger partial charge on any atom is 0.266 e. The number of piperidine rings is 1. The smallest absolute Gasteiger partial charge is 0.266 e. The summed E-state index contributed by atoms with van der Waals surface area (Å²) in [5.74, 6) is -4.36. The molecule has 2 heterocycles. The van der Waals surface area contributed by atoms with E-state index in [1.165, 1.54) is 24.3 Å². The fraction of sp³-hybridized carbons (Fsp3) is 0.500. The van der Waals surface area contributed by atoms with E-state index >= 15 is 0 Å². The molecule has 1 atom stereocenters. The van der Waals surface area contributed by atoms with Crippen molar-refractivity contribution in [3.05, 3.63) is 30.1 Å². The predicted molar refractivity (Wildman–Crippen MR) is 78.1 cm³/mol. The van der Waals surface area contributed by atoms with Crippen LogP contribution in [0.1, 0.15) is 12.8 Å². The average Bonchev–Trinajstić information content (AvgIpc) is 2.84. The van der Waals surface area contributed by atoms with Gasteiger partial charge in [0.05, 0.1) is 12.0 Å². The van der Waals surface area contributed by atoms with Gasteiger partial charge in [-0.2, -0.15) is 0 Å². The van der Waals surface area contributed by atoms with Crippen LogP contribution in [0.5, 0.6) is 5.75 Å². The summed E-state index contributed by atoms with van der Waals surface area (Å²) in [6.45, 7) is -0.879. The number of likely N-dealkylation sites (tertiary alicyclic amines) is 1. The van der Waals surface area contributed by atoms with Crippen molar-refractivity contribution in [1.29, 1.82) is 0 Å². The van der Waals surface area contributed by atoms with Crippen molar-refractivity contribution >= 4 is 11.8 Å². The third-order valence-electron chi connectivity index (χ3n) is 4.41. The molecule has 2 aliphatic heterocycles. The number of nitrogens with zero attached hydrogens (tertiary/aromatic N) is 1. The number of nitrogens with one attached hydrogen (secondary N) is 1. The molecule has 0 saturated carbocycles. The number of carbonyl (C=O) groups excluding carboxylic acids is 2. The second kappa shape index (κ2) is 5.99. The molecule has 3 rings (SSSR count). The fourth-order valence-corrected chi connectivity index (χ4v) is 3.29. The summed E-state index contributed by atoms with van der Waals surface area (Å²) in [5.41, 5.74) is -1.23. The molecule has 0 aromatic heterocycles. The van der Waals surface area contributed by atoms with Gasteiger partial charge in [-0.15, -0.1) is 0 Å². The molecular weight excluding hydrogens is 325 g/mol. The van der Waals surface area contributed by atoms with Crippen LogP contribution in [-0.2, 0) is 9.59 Å². The summed E-state index contributed by atoms with van der Waals surface area (Å²) in [6, 6.07) is 5.04. The van der Waals surface area contributed by atoms with E-state index in [-0.39, 0.29) is 18.7 Å². The Labute approximate surface area is 136 Å². The minimum atomic E-state index is -3.12. The Balaban J connectivity index is 1.67. The highest BCUT2D eigenvalue weighted by atomic mass is 19.3. The lowest BCUT2D eigenvalue weighted by Gasteiger charge is -2.42. The Morgan fingerprint density at radius 2 is 1.96 bits per heavy atom. The van der Waals surface area contributed by atoms with Crippen LogP contribution < -0.4 is 10.1 Å². The normalized spacial score (nSPS) is 25.6. The van der Waals surface area contributed by atoms with E-state index in [1.807, 2.05) is 0 Å². The van der Waals surface area contributed by atoms with E-state index in [2.05, 4.69) is 5.32 Å². The minimum absolute atomic E-state index is 0.0416. The number of halogens is 3. The Kier molecular flexibility index (Phi) is 4.15. The van der Waals surface area contributed by atoms with Crippen molar-refractivity contribution in [1.82, 2.24) is 10.2 Å². The lowest BCUT2D eigenvalue weighted by atomic mass is 9.77. The number of hydrogen-bond donors (Lipinski definition) is 1. The fourth-order valence-electron chi connectivity index (χ4n) is 3.29. The quantitative estimate of drug-likeness (QED) is 0.907. The first-order valence-electron chi connectivity index (χ1n) is 7.62. The van der Waals surface area contributed by atoms with E-state index in [0.717, 1.165) is 4.90 Å². The SMILES string of the molecule is O=C(COc1ccc(F)cc1)N1CC(F)(F)CC2(CCNC2=O)C1. The van der Waals surface area contributed by atoms with Gasteiger partial charge < -0.3 is 15.0 Å². The van der Waals surface area contributed by atoms with Crippen molar-refractivity contribution in [2.75, 3.05) is 26.2 Å². The molecule has 1 aromatic rings. The third kappa shape index (κ3) is 3.32. The van der Waals surface area contributed by atoms with Crippen LogP contribution >= 0.6 is 0 Å². The van der Waals surface area contributed by atoms with E-state index in [0.29, 0.717) is 6.54 Å². The zero-order valence-corrected chi connectivity index (χ0v) is 12.9. The molecule has 0 radical (unpaired) electrons. The molecule has 1 aromatic carbocycles. The molecule has 5 nitrogen and oxygen atoms in total. The molecule has 0 aliphatic carbocycles. The summed E-state index contributed by atoms with van der Waals surface area (Å²) in [4.78, 5) is 25.2. The summed E-state index contributed by atoms with van der Waals surface area (Å²) >= 11 is 0. The number of amides is 2. The van der Waals surface area contributed by atoms with E-state index in [9.17, 15) is 22.8 Å². The number of alkyl halides is 2. The molecule has 130 valence electrons. The van der Waals surface area contributed by atoms with Gasteiger partial charge in [0.15, 0.2) is 6.61 Å². The molecule has 2 fully saturated rings. The van der Waals surface area contributed by atoms with Crippen LogP contribution in [-0.4, -0.2) is 48.9 Å². The minimum Gasteiger partial charge on any atom is -0.484 e. The zero-order chi connectivity index (χ0) is 17.4. The van der Waals surface area contributed by atoms with Crippen LogP contribution in [0.25, 0.3) is 0 Å². The lowest BCUT2D eigenvalue weighted by molar-refractivity contribution is -0.161. The second-order valence-corrected chi connectivity index (χ2v) is 6.31. The van der Waals surface area contributed by atoms with Crippen molar-refractivity contribution < 1.29 is 27.5 Å². The lowest BCUT2D eigenvalue weighted by Crippen LogP contribution is -2.57. The third-order valence-corrected chi connectivity index (χ3v) is 4.41. The van der Waals surface area contributed by atoms with Gasteiger partial charge in [-0.05, 0) is 30.7 Å². The Morgan fingerprint density at radius 1 is 1.25 bits per heavy atom. The van der Waals surface area contributed by atoms with Gasteiger partial charge >= 0.3 is 0 Å². The van der Waals surface area contributed by atoms with Gasteiger partial charge in [-0.1, -0.05) is 0 Å². The number of rotatable bonds is 3. The standard InChI is InChI=1S/C16H17F3N2O3/c17-11-1-3-12(4-2-11)24-7-13(22)21-9-15(5-6-20-14(15)23)8-16(18,19)10-21/h1-4H,5-10H2,(H,20,23). The first-order valence-corrected chi connectivity index (χ1v) is 7.62. The topological polar surface area (TPSA) is 58.6 Å². The number of hydrogen-bond acceptors (Lipinski definition) is 3. The highest BCUT2D eigenvalue weighted by molar-refractivity contribution is 5.86. The van der Waals surface area contributed by atoms with Crippen molar-refractivity contribution in [3.8, 4) is 5.75 Å². The molecule has 1 unspecified atom stereocenters. The summed E-state index contributed by atoms with van der Waals surface area (Å²) in [6.07, 6.45) is -0.265. The summed E-state index contributed by atoms with van der Waals surface area (Å²) < 4.78 is 46.1. The van der Waals surface area contributed by atoms with E-state index < -0.39 is 48.5 Å². The van der Waals surface area contributed by atoms with E-state index in [1.54, 1.807) is 0 Å². The number of carbonyl (C=O) groups is 2. The van der Waals surface area contributed by atoms with Gasteiger partial charge in [-0.3, -0.25) is 9.59 Å². The van der Waals surface area contributed by atoms with Crippen molar-refractivity contribution in [2.45, 2.75) is 18.8 Å². The molecular formula is C16H17F3N2O3. The Hall–Kier alpha value is -2.25. The van der Waals surface area contributed by atoms with Crippen LogP contribution in [0.2, 0.25) is 0 Å². The van der Waals surface area contributed by atoms with Crippen molar-refractivity contribution in [2.24, 2.45) is 5.41 Å². The van der Waals surface area contributed by atoms with Crippen LogP contribution in [0.15, 0.2) is 24.3 Å². The van der Waals surface area contributed by atoms with Gasteiger partial charge in [0.25, 0.3) is 11.8 Å². The highest BCUT2D eigenvalue weighted by Crippen LogP contribution is 2.43. The van der Waals surface area contributed by atoms with Crippen LogP contribution in [0.4, 0.5) is 13.2 Å². The monoisotopic (exact) mass is 342 g/mol. The average molecular weight is 342 g/mol. The maximum absolute atomic E-state index is 14.0. The van der Waals surface area contributed by atoms with Gasteiger partial charge in [0.2, 0.25) is 5.91 Å². The van der Waals surface area contributed by atoms with Gasteiger partial charge in [0, 0.05) is 19.5 Å². The summed E-state index contributed by atoms with van der Waals surface area (Å²) in [7, 11) is 0.